The molecule has 1 N–H and O–H groups in total. The van der Waals surface area contributed by atoms with Gasteiger partial charge < -0.3 is 5.32 Å². The van der Waals surface area contributed by atoms with Gasteiger partial charge in [-0.15, -0.1) is 5.10 Å². The molecule has 6 nitrogen and oxygen atoms in total. The molecule has 1 amide bonds. The van der Waals surface area contributed by atoms with Gasteiger partial charge in [-0.3, -0.25) is 4.79 Å². The van der Waals surface area contributed by atoms with Crippen molar-refractivity contribution < 1.29 is 4.79 Å². The third-order valence-corrected chi connectivity index (χ3v) is 5.73. The van der Waals surface area contributed by atoms with E-state index < -0.39 is 0 Å². The quantitative estimate of drug-likeness (QED) is 0.572. The molecule has 1 aromatic heterocycles. The van der Waals surface area contributed by atoms with E-state index in [4.69, 9.17) is 0 Å². The van der Waals surface area contributed by atoms with Crippen LogP contribution in [0.5, 0.6) is 0 Å². The number of amides is 1. The van der Waals surface area contributed by atoms with E-state index in [2.05, 4.69) is 59.0 Å². The first-order valence-electron chi connectivity index (χ1n) is 9.79. The summed E-state index contributed by atoms with van der Waals surface area (Å²) in [5, 5.41) is 15.6. The van der Waals surface area contributed by atoms with Crippen molar-refractivity contribution in [2.75, 3.05) is 12.3 Å². The van der Waals surface area contributed by atoms with Gasteiger partial charge in [0.15, 0.2) is 0 Å². The summed E-state index contributed by atoms with van der Waals surface area (Å²) in [6, 6.07) is 14.6. The average molecular weight is 410 g/mol. The lowest BCUT2D eigenvalue weighted by Gasteiger charge is -2.10. The molecule has 0 radical (unpaired) electrons. The molecule has 0 saturated carbocycles. The van der Waals surface area contributed by atoms with Crippen LogP contribution in [0.2, 0.25) is 0 Å². The number of benzene rings is 2. The number of thioether (sulfide) groups is 1. The summed E-state index contributed by atoms with van der Waals surface area (Å²) in [6.45, 7) is 9.04. The molecule has 3 rings (SSSR count). The minimum absolute atomic E-state index is 0.0233. The zero-order chi connectivity index (χ0) is 20.8. The molecule has 0 aliphatic carbocycles. The Hall–Kier alpha value is -2.67. The monoisotopic (exact) mass is 409 g/mol. The fourth-order valence-corrected chi connectivity index (χ4v) is 3.85. The van der Waals surface area contributed by atoms with Gasteiger partial charge in [-0.05, 0) is 58.9 Å². The van der Waals surface area contributed by atoms with Crippen molar-refractivity contribution in [2.24, 2.45) is 0 Å². The number of carbonyl (C=O) groups is 1. The number of hydrogen-bond donors (Lipinski definition) is 1. The second kappa shape index (κ2) is 9.69. The number of aromatic nitrogens is 4. The van der Waals surface area contributed by atoms with Crippen LogP contribution in [0.25, 0.3) is 5.69 Å². The highest BCUT2D eigenvalue weighted by Crippen LogP contribution is 2.23. The van der Waals surface area contributed by atoms with Crippen molar-refractivity contribution >= 4 is 17.7 Å². The first-order valence-corrected chi connectivity index (χ1v) is 10.8. The Kier molecular flexibility index (Phi) is 7.04. The van der Waals surface area contributed by atoms with Gasteiger partial charge in [-0.25, -0.2) is 0 Å². The van der Waals surface area contributed by atoms with Gasteiger partial charge in [0.25, 0.3) is 0 Å². The van der Waals surface area contributed by atoms with E-state index in [9.17, 15) is 4.79 Å². The van der Waals surface area contributed by atoms with E-state index in [1.54, 1.807) is 4.68 Å². The van der Waals surface area contributed by atoms with Crippen LogP contribution < -0.4 is 5.32 Å². The summed E-state index contributed by atoms with van der Waals surface area (Å²) >= 11 is 1.34. The molecule has 0 spiro atoms. The third kappa shape index (κ3) is 5.44. The highest BCUT2D eigenvalue weighted by molar-refractivity contribution is 7.99. The normalized spacial score (nSPS) is 11.1. The lowest BCUT2D eigenvalue weighted by molar-refractivity contribution is -0.118. The first-order chi connectivity index (χ1) is 14.0. The van der Waals surface area contributed by atoms with Gasteiger partial charge in [-0.1, -0.05) is 68.1 Å². The molecule has 152 valence electrons. The maximum absolute atomic E-state index is 12.2. The number of nitrogens with zero attached hydrogens (tertiary/aromatic N) is 4. The molecule has 7 heteroatoms. The number of nitrogens with one attached hydrogen (secondary N) is 1. The van der Waals surface area contributed by atoms with Crippen molar-refractivity contribution in [3.05, 3.63) is 64.7 Å². The maximum Gasteiger partial charge on any atom is 0.230 e. The molecular weight excluding hydrogens is 382 g/mol. The van der Waals surface area contributed by atoms with Crippen molar-refractivity contribution in [3.63, 3.8) is 0 Å². The lowest BCUT2D eigenvalue weighted by atomic mass is 10.0. The highest BCUT2D eigenvalue weighted by atomic mass is 32.2. The number of aryl methyl sites for hydroxylation is 2. The number of para-hydroxylation sites is 1. The van der Waals surface area contributed by atoms with Gasteiger partial charge in [0, 0.05) is 6.54 Å². The number of carbonyl (C=O) groups excluding carboxylic acids is 1. The van der Waals surface area contributed by atoms with Crippen molar-refractivity contribution in [3.8, 4) is 5.69 Å². The van der Waals surface area contributed by atoms with Crippen LogP contribution in [-0.2, 0) is 11.2 Å². The van der Waals surface area contributed by atoms with Crippen LogP contribution in [0.4, 0.5) is 0 Å². The molecular formula is C22H27N5OS. The SMILES string of the molecule is Cc1cccc(C)c1-n1nnnc1SCC(=O)NCCc1ccc(C(C)C)cc1. The van der Waals surface area contributed by atoms with Crippen LogP contribution in [0.1, 0.15) is 42.0 Å². The zero-order valence-corrected chi connectivity index (χ0v) is 18.2. The highest BCUT2D eigenvalue weighted by Gasteiger charge is 2.14. The van der Waals surface area contributed by atoms with E-state index in [0.717, 1.165) is 23.2 Å². The largest absolute Gasteiger partial charge is 0.355 e. The second-order valence-electron chi connectivity index (χ2n) is 7.40. The fraction of sp³-hybridized carbons (Fsp3) is 0.364. The van der Waals surface area contributed by atoms with E-state index in [1.807, 2.05) is 32.0 Å². The third-order valence-electron chi connectivity index (χ3n) is 4.81. The summed E-state index contributed by atoms with van der Waals surface area (Å²) < 4.78 is 1.71. The topological polar surface area (TPSA) is 72.7 Å². The van der Waals surface area contributed by atoms with Crippen molar-refractivity contribution in [2.45, 2.75) is 45.2 Å². The molecule has 1 heterocycles. The lowest BCUT2D eigenvalue weighted by Crippen LogP contribution is -2.27. The van der Waals surface area contributed by atoms with Crippen LogP contribution >= 0.6 is 11.8 Å². The smallest absolute Gasteiger partial charge is 0.230 e. The Bertz CT molecular complexity index is 945. The van der Waals surface area contributed by atoms with Crippen LogP contribution in [0.3, 0.4) is 0 Å². The summed E-state index contributed by atoms with van der Waals surface area (Å²) in [7, 11) is 0. The molecule has 0 atom stereocenters. The van der Waals surface area contributed by atoms with E-state index >= 15 is 0 Å². The Morgan fingerprint density at radius 2 is 1.79 bits per heavy atom. The predicted molar refractivity (Wildman–Crippen MR) is 117 cm³/mol. The summed E-state index contributed by atoms with van der Waals surface area (Å²) in [4.78, 5) is 12.2. The van der Waals surface area contributed by atoms with Crippen LogP contribution in [-0.4, -0.2) is 38.4 Å². The van der Waals surface area contributed by atoms with Gasteiger partial charge in [0.05, 0.1) is 11.4 Å². The Morgan fingerprint density at radius 3 is 2.45 bits per heavy atom. The van der Waals surface area contributed by atoms with Gasteiger partial charge in [0.2, 0.25) is 11.1 Å². The van der Waals surface area contributed by atoms with E-state index in [0.29, 0.717) is 17.6 Å². The minimum atomic E-state index is -0.0233. The van der Waals surface area contributed by atoms with Crippen LogP contribution in [0, 0.1) is 13.8 Å². The summed E-state index contributed by atoms with van der Waals surface area (Å²) in [5.74, 6) is 0.781. The first kappa shape index (κ1) is 21.0. The maximum atomic E-state index is 12.2. The van der Waals surface area contributed by atoms with Crippen molar-refractivity contribution in [1.29, 1.82) is 0 Å². The van der Waals surface area contributed by atoms with E-state index in [1.165, 1.54) is 22.9 Å². The second-order valence-corrected chi connectivity index (χ2v) is 8.34. The average Bonchev–Trinajstić information content (AvgIpc) is 3.15. The summed E-state index contributed by atoms with van der Waals surface area (Å²) in [5.41, 5.74) is 5.70. The predicted octanol–water partition coefficient (Wildman–Crippen LogP) is 3.85. The fourth-order valence-electron chi connectivity index (χ4n) is 3.15. The standard InChI is InChI=1S/C22H27N5OS/c1-15(2)19-10-8-18(9-11-19)12-13-23-20(28)14-29-22-24-25-26-27(22)21-16(3)6-5-7-17(21)4/h5-11,15H,12-14H2,1-4H3,(H,23,28). The molecule has 0 fully saturated rings. The molecule has 2 aromatic carbocycles. The minimum Gasteiger partial charge on any atom is -0.355 e. The molecule has 0 bridgehead atoms. The molecule has 0 aliphatic heterocycles. The van der Waals surface area contributed by atoms with Gasteiger partial charge >= 0.3 is 0 Å². The Morgan fingerprint density at radius 1 is 1.10 bits per heavy atom. The van der Waals surface area contributed by atoms with Crippen LogP contribution in [0.15, 0.2) is 47.6 Å². The number of tetrazole rings is 1. The number of hydrogen-bond acceptors (Lipinski definition) is 5. The van der Waals surface area contributed by atoms with Gasteiger partial charge in [0.1, 0.15) is 0 Å². The Labute approximate surface area is 176 Å². The zero-order valence-electron chi connectivity index (χ0n) is 17.3. The van der Waals surface area contributed by atoms with Gasteiger partial charge in [-0.2, -0.15) is 4.68 Å². The number of rotatable bonds is 8. The Balaban J connectivity index is 1.51. The molecule has 0 aliphatic rings. The summed E-state index contributed by atoms with van der Waals surface area (Å²) in [6.07, 6.45) is 0.814. The molecule has 3 aromatic rings. The molecule has 0 unspecified atom stereocenters. The molecule has 29 heavy (non-hydrogen) atoms. The molecule has 0 saturated heterocycles. The van der Waals surface area contributed by atoms with Crippen molar-refractivity contribution in [1.82, 2.24) is 25.5 Å². The van der Waals surface area contributed by atoms with E-state index in [-0.39, 0.29) is 11.7 Å².